The van der Waals surface area contributed by atoms with Gasteiger partial charge in [0.15, 0.2) is 0 Å². The lowest BCUT2D eigenvalue weighted by atomic mass is 10.1. The largest absolute Gasteiger partial charge is 0.491 e. The highest BCUT2D eigenvalue weighted by Gasteiger charge is 2.05. The minimum absolute atomic E-state index is 0.327. The molecule has 0 saturated heterocycles. The highest BCUT2D eigenvalue weighted by Crippen LogP contribution is 2.16. The van der Waals surface area contributed by atoms with Gasteiger partial charge in [0, 0.05) is 6.54 Å². The molecule has 4 nitrogen and oxygen atoms in total. The summed E-state index contributed by atoms with van der Waals surface area (Å²) in [6.07, 6.45) is 1.83. The van der Waals surface area contributed by atoms with Gasteiger partial charge in [-0.05, 0) is 77.1 Å². The van der Waals surface area contributed by atoms with E-state index in [2.05, 4.69) is 30.4 Å². The maximum atomic E-state index is 9.90. The summed E-state index contributed by atoms with van der Waals surface area (Å²) in [5.74, 6) is 0.831. The van der Waals surface area contributed by atoms with E-state index >= 15 is 0 Å². The number of rotatable bonds is 10. The molecule has 0 saturated carbocycles. The predicted octanol–water partition coefficient (Wildman–Crippen LogP) is 1.97. The van der Waals surface area contributed by atoms with Crippen molar-refractivity contribution in [3.8, 4) is 5.75 Å². The van der Waals surface area contributed by atoms with Gasteiger partial charge in [-0.3, -0.25) is 0 Å². The molecule has 0 aliphatic carbocycles. The van der Waals surface area contributed by atoms with Crippen LogP contribution >= 0.6 is 0 Å². The third-order valence-electron chi connectivity index (χ3n) is 3.23. The van der Waals surface area contributed by atoms with Gasteiger partial charge in [0.2, 0.25) is 0 Å². The quantitative estimate of drug-likeness (QED) is 0.648. The monoisotopic (exact) mass is 294 g/mol. The van der Waals surface area contributed by atoms with E-state index in [1.165, 1.54) is 17.5 Å². The maximum absolute atomic E-state index is 9.90. The van der Waals surface area contributed by atoms with Crippen molar-refractivity contribution in [2.45, 2.75) is 32.8 Å². The fourth-order valence-electron chi connectivity index (χ4n) is 2.21. The molecule has 0 heterocycles. The van der Waals surface area contributed by atoms with Crippen LogP contribution in [0.3, 0.4) is 0 Å². The van der Waals surface area contributed by atoms with Crippen LogP contribution in [0.25, 0.3) is 0 Å². The highest BCUT2D eigenvalue weighted by atomic mass is 16.5. The van der Waals surface area contributed by atoms with Crippen LogP contribution in [0.2, 0.25) is 0 Å². The molecular weight excluding hydrogens is 264 g/mol. The van der Waals surface area contributed by atoms with E-state index in [1.54, 1.807) is 0 Å². The first-order chi connectivity index (χ1) is 9.97. The fraction of sp³-hybridized carbons (Fsp3) is 0.647. The first-order valence-electron chi connectivity index (χ1n) is 7.72. The summed E-state index contributed by atoms with van der Waals surface area (Å²) in [4.78, 5) is 2.19. The van der Waals surface area contributed by atoms with Gasteiger partial charge in [0.25, 0.3) is 0 Å². The molecule has 120 valence electrons. The molecule has 21 heavy (non-hydrogen) atoms. The van der Waals surface area contributed by atoms with Gasteiger partial charge in [-0.25, -0.2) is 0 Å². The van der Waals surface area contributed by atoms with Crippen molar-refractivity contribution in [1.29, 1.82) is 0 Å². The Bertz CT molecular complexity index is 388. The molecule has 0 aliphatic rings. The zero-order valence-corrected chi connectivity index (χ0v) is 13.9. The van der Waals surface area contributed by atoms with Gasteiger partial charge in [0.05, 0.1) is 0 Å². The van der Waals surface area contributed by atoms with Crippen molar-refractivity contribution in [1.82, 2.24) is 10.2 Å². The van der Waals surface area contributed by atoms with Crippen LogP contribution in [0.4, 0.5) is 0 Å². The van der Waals surface area contributed by atoms with E-state index in [0.29, 0.717) is 13.2 Å². The zero-order valence-electron chi connectivity index (χ0n) is 13.9. The number of aliphatic hydroxyl groups is 1. The molecule has 0 radical (unpaired) electrons. The van der Waals surface area contributed by atoms with Gasteiger partial charge in [0.1, 0.15) is 18.5 Å². The standard InChI is InChI=1S/C17H30N2O2/c1-14-9-15(2)11-17(10-14)21-13-16(20)12-18-7-5-6-8-19(3)4/h9-11,16,18,20H,5-8,12-13H2,1-4H3. The molecule has 1 unspecified atom stereocenters. The number of hydrogen-bond acceptors (Lipinski definition) is 4. The van der Waals surface area contributed by atoms with Crippen molar-refractivity contribution in [2.24, 2.45) is 0 Å². The molecule has 2 N–H and O–H groups in total. The molecule has 1 aromatic carbocycles. The van der Waals surface area contributed by atoms with E-state index in [4.69, 9.17) is 4.74 Å². The molecular formula is C17H30N2O2. The fourth-order valence-corrected chi connectivity index (χ4v) is 2.21. The summed E-state index contributed by atoms with van der Waals surface area (Å²) in [6.45, 7) is 7.05. The molecule has 0 bridgehead atoms. The van der Waals surface area contributed by atoms with E-state index < -0.39 is 6.10 Å². The Kier molecular flexibility index (Phi) is 8.35. The van der Waals surface area contributed by atoms with Gasteiger partial charge in [-0.2, -0.15) is 0 Å². The van der Waals surface area contributed by atoms with Crippen LogP contribution in [-0.2, 0) is 0 Å². The lowest BCUT2D eigenvalue weighted by Gasteiger charge is -2.14. The summed E-state index contributed by atoms with van der Waals surface area (Å²) in [6, 6.07) is 6.10. The minimum atomic E-state index is -0.473. The van der Waals surface area contributed by atoms with Crippen LogP contribution in [0.1, 0.15) is 24.0 Å². The van der Waals surface area contributed by atoms with Crippen molar-refractivity contribution in [3.63, 3.8) is 0 Å². The Morgan fingerprint density at radius 1 is 1.14 bits per heavy atom. The number of ether oxygens (including phenoxy) is 1. The summed E-state index contributed by atoms with van der Waals surface area (Å²) < 4.78 is 5.64. The number of nitrogens with zero attached hydrogens (tertiary/aromatic N) is 1. The average molecular weight is 294 g/mol. The Balaban J connectivity index is 2.12. The van der Waals surface area contributed by atoms with Crippen LogP contribution in [0.5, 0.6) is 5.75 Å². The summed E-state index contributed by atoms with van der Waals surface area (Å²) in [7, 11) is 4.17. The molecule has 1 aromatic rings. The average Bonchev–Trinajstić information content (AvgIpc) is 2.39. The molecule has 0 spiro atoms. The van der Waals surface area contributed by atoms with Crippen molar-refractivity contribution in [3.05, 3.63) is 29.3 Å². The number of nitrogens with one attached hydrogen (secondary N) is 1. The third kappa shape index (κ3) is 8.71. The maximum Gasteiger partial charge on any atom is 0.119 e. The summed E-state index contributed by atoms with van der Waals surface area (Å²) >= 11 is 0. The zero-order chi connectivity index (χ0) is 15.7. The molecule has 1 rings (SSSR count). The van der Waals surface area contributed by atoms with Crippen LogP contribution in [0.15, 0.2) is 18.2 Å². The number of hydrogen-bond donors (Lipinski definition) is 2. The Morgan fingerprint density at radius 2 is 1.81 bits per heavy atom. The minimum Gasteiger partial charge on any atom is -0.491 e. The number of aryl methyl sites for hydroxylation is 2. The lowest BCUT2D eigenvalue weighted by molar-refractivity contribution is 0.106. The Hall–Kier alpha value is -1.10. The van der Waals surface area contributed by atoms with Crippen LogP contribution < -0.4 is 10.1 Å². The number of benzene rings is 1. The molecule has 0 amide bonds. The second kappa shape index (κ2) is 9.77. The smallest absolute Gasteiger partial charge is 0.119 e. The second-order valence-corrected chi connectivity index (χ2v) is 6.00. The summed E-state index contributed by atoms with van der Waals surface area (Å²) in [5, 5.41) is 13.2. The van der Waals surface area contributed by atoms with E-state index in [-0.39, 0.29) is 0 Å². The van der Waals surface area contributed by atoms with Crippen LogP contribution in [-0.4, -0.2) is 56.4 Å². The van der Waals surface area contributed by atoms with E-state index in [1.807, 2.05) is 26.0 Å². The Morgan fingerprint density at radius 3 is 2.43 bits per heavy atom. The molecule has 1 atom stereocenters. The third-order valence-corrected chi connectivity index (χ3v) is 3.23. The first kappa shape index (κ1) is 18.0. The van der Waals surface area contributed by atoms with Gasteiger partial charge >= 0.3 is 0 Å². The van der Waals surface area contributed by atoms with E-state index in [9.17, 15) is 5.11 Å². The van der Waals surface area contributed by atoms with Gasteiger partial charge in [-0.1, -0.05) is 6.07 Å². The SMILES string of the molecule is Cc1cc(C)cc(OCC(O)CNCCCCN(C)C)c1. The normalized spacial score (nSPS) is 12.7. The van der Waals surface area contributed by atoms with E-state index in [0.717, 1.165) is 25.3 Å². The highest BCUT2D eigenvalue weighted by molar-refractivity contribution is 5.32. The number of unbranched alkanes of at least 4 members (excludes halogenated alkanes) is 1. The number of aliphatic hydroxyl groups excluding tert-OH is 1. The first-order valence-corrected chi connectivity index (χ1v) is 7.72. The lowest BCUT2D eigenvalue weighted by Crippen LogP contribution is -2.32. The van der Waals surface area contributed by atoms with Crippen molar-refractivity contribution >= 4 is 0 Å². The van der Waals surface area contributed by atoms with Crippen LogP contribution in [0, 0.1) is 13.8 Å². The van der Waals surface area contributed by atoms with Crippen molar-refractivity contribution in [2.75, 3.05) is 40.3 Å². The van der Waals surface area contributed by atoms with Gasteiger partial charge < -0.3 is 20.1 Å². The summed E-state index contributed by atoms with van der Waals surface area (Å²) in [5.41, 5.74) is 2.36. The van der Waals surface area contributed by atoms with Gasteiger partial charge in [-0.15, -0.1) is 0 Å². The van der Waals surface area contributed by atoms with Crippen molar-refractivity contribution < 1.29 is 9.84 Å². The topological polar surface area (TPSA) is 44.7 Å². The second-order valence-electron chi connectivity index (χ2n) is 6.00. The Labute approximate surface area is 129 Å². The molecule has 0 fully saturated rings. The molecule has 0 aromatic heterocycles. The molecule has 0 aliphatic heterocycles. The predicted molar refractivity (Wildman–Crippen MR) is 88.1 cm³/mol. The molecule has 4 heteroatoms.